The highest BCUT2D eigenvalue weighted by Gasteiger charge is 2.10. The summed E-state index contributed by atoms with van der Waals surface area (Å²) in [6.07, 6.45) is 1.31. The fraction of sp³-hybridized carbons (Fsp3) is 0.0909. The summed E-state index contributed by atoms with van der Waals surface area (Å²) in [5.41, 5.74) is 4.12. The molecule has 1 aromatic heterocycles. The van der Waals surface area contributed by atoms with Gasteiger partial charge in [0.15, 0.2) is 9.84 Å². The molecule has 0 aliphatic rings. The molecule has 1 heterocycles. The third kappa shape index (κ3) is 4.35. The molecule has 1 amide bonds. The molecular weight excluding hydrogens is 386 g/mol. The minimum absolute atomic E-state index is 0.152. The summed E-state index contributed by atoms with van der Waals surface area (Å²) in [6.45, 7) is 0. The Morgan fingerprint density at radius 2 is 1.76 bits per heavy atom. The van der Waals surface area contributed by atoms with Crippen LogP contribution in [0.2, 0.25) is 0 Å². The smallest absolute Gasteiger partial charge is 0.228 e. The highest BCUT2D eigenvalue weighted by atomic mass is 32.2. The van der Waals surface area contributed by atoms with Crippen LogP contribution in [-0.2, 0) is 21.1 Å². The topological polar surface area (TPSA) is 91.9 Å². The van der Waals surface area contributed by atoms with Gasteiger partial charge < -0.3 is 10.3 Å². The van der Waals surface area contributed by atoms with Crippen LogP contribution in [-0.4, -0.2) is 30.5 Å². The Labute approximate surface area is 168 Å². The normalized spacial score (nSPS) is 11.5. The molecule has 0 atom stereocenters. The van der Waals surface area contributed by atoms with E-state index in [4.69, 9.17) is 0 Å². The summed E-state index contributed by atoms with van der Waals surface area (Å²) >= 11 is 0. The second-order valence-electron chi connectivity index (χ2n) is 6.82. The van der Waals surface area contributed by atoms with E-state index in [0.29, 0.717) is 5.69 Å². The van der Waals surface area contributed by atoms with Crippen molar-refractivity contribution in [3.8, 4) is 11.4 Å². The molecular formula is C22H19N3O3S. The Hall–Kier alpha value is -3.45. The number of amides is 1. The van der Waals surface area contributed by atoms with E-state index in [1.807, 2.05) is 48.5 Å². The fourth-order valence-corrected chi connectivity index (χ4v) is 3.71. The van der Waals surface area contributed by atoms with Crippen molar-refractivity contribution in [2.45, 2.75) is 11.3 Å². The molecule has 0 unspecified atom stereocenters. The zero-order chi connectivity index (χ0) is 20.4. The van der Waals surface area contributed by atoms with Crippen LogP contribution >= 0.6 is 0 Å². The van der Waals surface area contributed by atoms with Crippen molar-refractivity contribution in [3.63, 3.8) is 0 Å². The molecule has 4 aromatic rings. The Morgan fingerprint density at radius 1 is 1.00 bits per heavy atom. The van der Waals surface area contributed by atoms with Gasteiger partial charge in [0, 0.05) is 17.5 Å². The van der Waals surface area contributed by atoms with E-state index >= 15 is 0 Å². The van der Waals surface area contributed by atoms with E-state index in [9.17, 15) is 13.2 Å². The molecule has 0 saturated heterocycles. The van der Waals surface area contributed by atoms with Crippen LogP contribution in [0.4, 0.5) is 5.69 Å². The van der Waals surface area contributed by atoms with E-state index < -0.39 is 9.84 Å². The fourth-order valence-electron chi connectivity index (χ4n) is 3.08. The number of aromatic amines is 1. The van der Waals surface area contributed by atoms with Crippen LogP contribution in [0, 0.1) is 0 Å². The summed E-state index contributed by atoms with van der Waals surface area (Å²) < 4.78 is 23.1. The molecule has 0 aliphatic carbocycles. The summed E-state index contributed by atoms with van der Waals surface area (Å²) in [4.78, 5) is 20.5. The molecule has 0 fully saturated rings. The molecule has 29 heavy (non-hydrogen) atoms. The van der Waals surface area contributed by atoms with Crippen molar-refractivity contribution in [3.05, 3.63) is 78.4 Å². The van der Waals surface area contributed by atoms with E-state index in [1.165, 1.54) is 12.1 Å². The average molecular weight is 405 g/mol. The van der Waals surface area contributed by atoms with Gasteiger partial charge in [-0.1, -0.05) is 36.4 Å². The number of rotatable bonds is 5. The molecule has 0 bridgehead atoms. The number of para-hydroxylation sites is 2. The number of H-pyrrole nitrogens is 1. The number of carbonyl (C=O) groups excluding carboxylic acids is 1. The number of fused-ring (bicyclic) bond motifs is 1. The Balaban J connectivity index is 1.48. The molecule has 0 spiro atoms. The zero-order valence-electron chi connectivity index (χ0n) is 15.7. The Bertz CT molecular complexity index is 1260. The number of nitrogens with zero attached hydrogens (tertiary/aromatic N) is 1. The van der Waals surface area contributed by atoms with Crippen LogP contribution in [0.15, 0.2) is 77.7 Å². The number of hydrogen-bond acceptors (Lipinski definition) is 4. The lowest BCUT2D eigenvalue weighted by Crippen LogP contribution is -2.14. The SMILES string of the molecule is CS(=O)(=O)c1ccc(CC(=O)Nc2cccc(-c3nc4ccccc4[nH]3)c2)cc1. The number of anilines is 1. The molecule has 0 radical (unpaired) electrons. The van der Waals surface area contributed by atoms with Crippen LogP contribution in [0.1, 0.15) is 5.56 Å². The summed E-state index contributed by atoms with van der Waals surface area (Å²) in [5, 5.41) is 2.88. The average Bonchev–Trinajstić information content (AvgIpc) is 3.12. The number of imidazole rings is 1. The van der Waals surface area contributed by atoms with Gasteiger partial charge in [-0.15, -0.1) is 0 Å². The summed E-state index contributed by atoms with van der Waals surface area (Å²) in [7, 11) is -3.25. The van der Waals surface area contributed by atoms with E-state index in [-0.39, 0.29) is 17.2 Å². The number of carbonyl (C=O) groups is 1. The number of sulfone groups is 1. The highest BCUT2D eigenvalue weighted by Crippen LogP contribution is 2.23. The van der Waals surface area contributed by atoms with Crippen LogP contribution in [0.25, 0.3) is 22.4 Å². The highest BCUT2D eigenvalue weighted by molar-refractivity contribution is 7.90. The van der Waals surface area contributed by atoms with Crippen molar-refractivity contribution in [2.24, 2.45) is 0 Å². The number of nitrogens with one attached hydrogen (secondary N) is 2. The summed E-state index contributed by atoms with van der Waals surface area (Å²) in [5.74, 6) is 0.553. The number of hydrogen-bond donors (Lipinski definition) is 2. The lowest BCUT2D eigenvalue weighted by Gasteiger charge is -2.07. The second kappa shape index (κ2) is 7.52. The number of benzene rings is 3. The van der Waals surface area contributed by atoms with Crippen molar-refractivity contribution in [1.82, 2.24) is 9.97 Å². The van der Waals surface area contributed by atoms with Crippen LogP contribution < -0.4 is 5.32 Å². The minimum atomic E-state index is -3.25. The van der Waals surface area contributed by atoms with Gasteiger partial charge in [-0.3, -0.25) is 4.79 Å². The summed E-state index contributed by atoms with van der Waals surface area (Å²) in [6, 6.07) is 21.6. The van der Waals surface area contributed by atoms with Crippen molar-refractivity contribution in [1.29, 1.82) is 0 Å². The predicted octanol–water partition coefficient (Wildman–Crippen LogP) is 3.81. The molecule has 7 heteroatoms. The molecule has 4 rings (SSSR count). The maximum Gasteiger partial charge on any atom is 0.228 e. The van der Waals surface area contributed by atoms with Gasteiger partial charge in [0.1, 0.15) is 5.82 Å². The lowest BCUT2D eigenvalue weighted by atomic mass is 10.1. The molecule has 0 aliphatic heterocycles. The van der Waals surface area contributed by atoms with Gasteiger partial charge in [0.05, 0.1) is 22.3 Å². The molecule has 6 nitrogen and oxygen atoms in total. The quantitative estimate of drug-likeness (QED) is 0.528. The lowest BCUT2D eigenvalue weighted by molar-refractivity contribution is -0.115. The van der Waals surface area contributed by atoms with Crippen LogP contribution in [0.3, 0.4) is 0 Å². The van der Waals surface area contributed by atoms with E-state index in [2.05, 4.69) is 15.3 Å². The second-order valence-corrected chi connectivity index (χ2v) is 8.84. The maximum absolute atomic E-state index is 12.4. The minimum Gasteiger partial charge on any atom is -0.338 e. The molecule has 146 valence electrons. The first-order valence-electron chi connectivity index (χ1n) is 9.02. The van der Waals surface area contributed by atoms with Gasteiger partial charge in [0.25, 0.3) is 0 Å². The molecule has 3 aromatic carbocycles. The zero-order valence-corrected chi connectivity index (χ0v) is 16.5. The Kier molecular flexibility index (Phi) is 4.90. The van der Waals surface area contributed by atoms with Crippen molar-refractivity contribution in [2.75, 3.05) is 11.6 Å². The van der Waals surface area contributed by atoms with Crippen molar-refractivity contribution < 1.29 is 13.2 Å². The number of aromatic nitrogens is 2. The van der Waals surface area contributed by atoms with Gasteiger partial charge in [0.2, 0.25) is 5.91 Å². The van der Waals surface area contributed by atoms with E-state index in [1.54, 1.807) is 12.1 Å². The van der Waals surface area contributed by atoms with Gasteiger partial charge >= 0.3 is 0 Å². The first-order chi connectivity index (χ1) is 13.9. The largest absolute Gasteiger partial charge is 0.338 e. The third-order valence-electron chi connectivity index (χ3n) is 4.53. The third-order valence-corrected chi connectivity index (χ3v) is 5.65. The maximum atomic E-state index is 12.4. The molecule has 2 N–H and O–H groups in total. The van der Waals surface area contributed by atoms with Gasteiger partial charge in [-0.05, 0) is 42.0 Å². The van der Waals surface area contributed by atoms with Gasteiger partial charge in [-0.25, -0.2) is 13.4 Å². The van der Waals surface area contributed by atoms with Crippen molar-refractivity contribution >= 4 is 32.5 Å². The first-order valence-corrected chi connectivity index (χ1v) is 10.9. The van der Waals surface area contributed by atoms with E-state index in [0.717, 1.165) is 34.2 Å². The standard InChI is InChI=1S/C22H19N3O3S/c1-29(27,28)18-11-9-15(10-12-18)13-21(26)23-17-6-4-5-16(14-17)22-24-19-7-2-3-8-20(19)25-22/h2-12,14H,13H2,1H3,(H,23,26)(H,24,25). The predicted molar refractivity (Wildman–Crippen MR) is 113 cm³/mol. The van der Waals surface area contributed by atoms with Crippen LogP contribution in [0.5, 0.6) is 0 Å². The monoisotopic (exact) mass is 405 g/mol. The van der Waals surface area contributed by atoms with Gasteiger partial charge in [-0.2, -0.15) is 0 Å². The first kappa shape index (κ1) is 18.9. The Morgan fingerprint density at radius 3 is 2.48 bits per heavy atom. The molecule has 0 saturated carbocycles.